The smallest absolute Gasteiger partial charge is 0.272 e. The van der Waals surface area contributed by atoms with Crippen LogP contribution in [-0.2, 0) is 13.0 Å². The Balaban J connectivity index is 2.26. The molecule has 0 bridgehead atoms. The highest BCUT2D eigenvalue weighted by atomic mass is 35.5. The van der Waals surface area contributed by atoms with Gasteiger partial charge < -0.3 is 4.90 Å². The SMILES string of the molecule is CCc1cc(C(=O)N2CCCCCC2CCl)n(CC)n1. The molecule has 1 unspecified atom stereocenters. The van der Waals surface area contributed by atoms with Crippen molar-refractivity contribution in [2.24, 2.45) is 0 Å². The quantitative estimate of drug-likeness (QED) is 0.801. The van der Waals surface area contributed by atoms with E-state index in [0.717, 1.165) is 44.5 Å². The third-order valence-corrected chi connectivity index (χ3v) is 4.38. The van der Waals surface area contributed by atoms with Crippen LogP contribution >= 0.6 is 11.6 Å². The second kappa shape index (κ2) is 7.11. The summed E-state index contributed by atoms with van der Waals surface area (Å²) < 4.78 is 1.82. The van der Waals surface area contributed by atoms with Crippen LogP contribution in [0.25, 0.3) is 0 Å². The van der Waals surface area contributed by atoms with Gasteiger partial charge in [0.15, 0.2) is 0 Å². The van der Waals surface area contributed by atoms with E-state index in [9.17, 15) is 4.79 Å². The Morgan fingerprint density at radius 2 is 2.20 bits per heavy atom. The highest BCUT2D eigenvalue weighted by Crippen LogP contribution is 2.21. The first kappa shape index (κ1) is 15.4. The van der Waals surface area contributed by atoms with Gasteiger partial charge in [0.2, 0.25) is 0 Å². The molecule has 1 amide bonds. The van der Waals surface area contributed by atoms with Gasteiger partial charge in [0.05, 0.1) is 5.69 Å². The second-order valence-electron chi connectivity index (χ2n) is 5.35. The molecule has 1 aromatic heterocycles. The van der Waals surface area contributed by atoms with Crippen LogP contribution in [0.1, 0.15) is 55.7 Å². The van der Waals surface area contributed by atoms with E-state index in [1.54, 1.807) is 0 Å². The van der Waals surface area contributed by atoms with Crippen LogP contribution in [0, 0.1) is 0 Å². The van der Waals surface area contributed by atoms with E-state index in [-0.39, 0.29) is 11.9 Å². The molecular formula is C15H24ClN3O. The number of likely N-dealkylation sites (tertiary alicyclic amines) is 1. The van der Waals surface area contributed by atoms with E-state index >= 15 is 0 Å². The summed E-state index contributed by atoms with van der Waals surface area (Å²) in [6, 6.07) is 2.10. The second-order valence-corrected chi connectivity index (χ2v) is 5.65. The molecule has 1 fully saturated rings. The molecule has 112 valence electrons. The van der Waals surface area contributed by atoms with Crippen molar-refractivity contribution in [3.8, 4) is 0 Å². The highest BCUT2D eigenvalue weighted by Gasteiger charge is 2.27. The zero-order chi connectivity index (χ0) is 14.5. The number of nitrogens with zero attached hydrogens (tertiary/aromatic N) is 3. The van der Waals surface area contributed by atoms with Crippen LogP contribution in [0.2, 0.25) is 0 Å². The summed E-state index contributed by atoms with van der Waals surface area (Å²) in [4.78, 5) is 14.8. The summed E-state index contributed by atoms with van der Waals surface area (Å²) in [6.45, 7) is 5.61. The van der Waals surface area contributed by atoms with Gasteiger partial charge in [0.1, 0.15) is 5.69 Å². The largest absolute Gasteiger partial charge is 0.333 e. The predicted molar refractivity (Wildman–Crippen MR) is 81.3 cm³/mol. The summed E-state index contributed by atoms with van der Waals surface area (Å²) >= 11 is 6.07. The van der Waals surface area contributed by atoms with E-state index in [4.69, 9.17) is 11.6 Å². The van der Waals surface area contributed by atoms with Crippen LogP contribution < -0.4 is 0 Å². The van der Waals surface area contributed by atoms with Crippen molar-refractivity contribution in [2.75, 3.05) is 12.4 Å². The fraction of sp³-hybridized carbons (Fsp3) is 0.733. The Kier molecular flexibility index (Phi) is 5.46. The molecule has 0 saturated carbocycles. The molecule has 0 radical (unpaired) electrons. The topological polar surface area (TPSA) is 38.1 Å². The molecule has 0 N–H and O–H groups in total. The zero-order valence-corrected chi connectivity index (χ0v) is 13.2. The van der Waals surface area contributed by atoms with Crippen molar-refractivity contribution in [1.29, 1.82) is 0 Å². The predicted octanol–water partition coefficient (Wildman–Crippen LogP) is 3.09. The lowest BCUT2D eigenvalue weighted by molar-refractivity contribution is 0.0687. The van der Waals surface area contributed by atoms with Gasteiger partial charge >= 0.3 is 0 Å². The van der Waals surface area contributed by atoms with Crippen molar-refractivity contribution < 1.29 is 4.79 Å². The first-order valence-corrected chi connectivity index (χ1v) is 8.18. The van der Waals surface area contributed by atoms with Crippen molar-refractivity contribution in [3.05, 3.63) is 17.5 Å². The van der Waals surface area contributed by atoms with Crippen molar-refractivity contribution in [3.63, 3.8) is 0 Å². The molecule has 4 nitrogen and oxygen atoms in total. The molecule has 20 heavy (non-hydrogen) atoms. The minimum atomic E-state index is 0.0894. The lowest BCUT2D eigenvalue weighted by atomic mass is 10.1. The average molecular weight is 298 g/mol. The van der Waals surface area contributed by atoms with Gasteiger partial charge in [-0.15, -0.1) is 11.6 Å². The van der Waals surface area contributed by atoms with Crippen LogP contribution in [0.3, 0.4) is 0 Å². The highest BCUT2D eigenvalue weighted by molar-refractivity contribution is 6.18. The maximum Gasteiger partial charge on any atom is 0.272 e. The van der Waals surface area contributed by atoms with Gasteiger partial charge in [-0.25, -0.2) is 0 Å². The summed E-state index contributed by atoms with van der Waals surface area (Å²) in [5, 5.41) is 4.47. The summed E-state index contributed by atoms with van der Waals surface area (Å²) in [5.41, 5.74) is 1.69. The molecule has 1 aliphatic rings. The fourth-order valence-electron chi connectivity index (χ4n) is 2.81. The Labute approximate surface area is 126 Å². The number of hydrogen-bond donors (Lipinski definition) is 0. The normalized spacial score (nSPS) is 19.9. The van der Waals surface area contributed by atoms with Crippen LogP contribution in [0.4, 0.5) is 0 Å². The number of aryl methyl sites for hydroxylation is 2. The molecule has 1 saturated heterocycles. The van der Waals surface area contributed by atoms with Crippen molar-refractivity contribution in [1.82, 2.24) is 14.7 Å². The average Bonchev–Trinajstić information content (AvgIpc) is 2.75. The fourth-order valence-corrected chi connectivity index (χ4v) is 3.13. The minimum Gasteiger partial charge on any atom is -0.333 e. The molecule has 2 heterocycles. The number of carbonyl (C=O) groups excluding carboxylic acids is 1. The van der Waals surface area contributed by atoms with Crippen LogP contribution in [0.5, 0.6) is 0 Å². The first-order chi connectivity index (χ1) is 9.71. The van der Waals surface area contributed by atoms with Gasteiger partial charge in [0.25, 0.3) is 5.91 Å². The molecule has 0 aromatic carbocycles. The molecule has 0 spiro atoms. The van der Waals surface area contributed by atoms with E-state index in [0.29, 0.717) is 11.6 Å². The summed E-state index contributed by atoms with van der Waals surface area (Å²) in [6.07, 6.45) is 5.28. The van der Waals surface area contributed by atoms with E-state index in [1.807, 2.05) is 22.6 Å². The molecule has 1 aliphatic heterocycles. The van der Waals surface area contributed by atoms with Gasteiger partial charge in [-0.3, -0.25) is 9.48 Å². The lowest BCUT2D eigenvalue weighted by Crippen LogP contribution is -2.42. The van der Waals surface area contributed by atoms with Crippen molar-refractivity contribution >= 4 is 17.5 Å². The van der Waals surface area contributed by atoms with E-state index in [2.05, 4.69) is 12.0 Å². The molecule has 5 heteroatoms. The number of aromatic nitrogens is 2. The minimum absolute atomic E-state index is 0.0894. The number of carbonyl (C=O) groups is 1. The molecule has 0 aliphatic carbocycles. The lowest BCUT2D eigenvalue weighted by Gasteiger charge is -2.28. The van der Waals surface area contributed by atoms with Gasteiger partial charge in [-0.05, 0) is 32.3 Å². The Morgan fingerprint density at radius 3 is 2.85 bits per heavy atom. The molecule has 2 rings (SSSR count). The third kappa shape index (κ3) is 3.17. The number of hydrogen-bond acceptors (Lipinski definition) is 2. The number of rotatable bonds is 4. The number of alkyl halides is 1. The monoisotopic (exact) mass is 297 g/mol. The number of amides is 1. The van der Waals surface area contributed by atoms with E-state index < -0.39 is 0 Å². The van der Waals surface area contributed by atoms with Crippen LogP contribution in [0.15, 0.2) is 6.07 Å². The number of halogens is 1. The first-order valence-electron chi connectivity index (χ1n) is 7.64. The standard InChI is InChI=1S/C15H24ClN3O/c1-3-12-10-14(19(4-2)17-12)15(20)18-9-7-5-6-8-13(18)11-16/h10,13H,3-9,11H2,1-2H3. The molecule has 1 aromatic rings. The maximum atomic E-state index is 12.8. The maximum absolute atomic E-state index is 12.8. The van der Waals surface area contributed by atoms with Gasteiger partial charge in [-0.2, -0.15) is 5.10 Å². The molecule has 1 atom stereocenters. The summed E-state index contributed by atoms with van der Waals surface area (Å²) in [5.74, 6) is 0.610. The Morgan fingerprint density at radius 1 is 1.40 bits per heavy atom. The molecular weight excluding hydrogens is 274 g/mol. The Bertz CT molecular complexity index is 458. The van der Waals surface area contributed by atoms with Crippen LogP contribution in [-0.4, -0.2) is 39.1 Å². The van der Waals surface area contributed by atoms with Gasteiger partial charge in [0, 0.05) is 25.0 Å². The Hall–Kier alpha value is -1.03. The van der Waals surface area contributed by atoms with Crippen molar-refractivity contribution in [2.45, 2.75) is 58.5 Å². The zero-order valence-electron chi connectivity index (χ0n) is 12.4. The summed E-state index contributed by atoms with van der Waals surface area (Å²) in [7, 11) is 0. The van der Waals surface area contributed by atoms with Gasteiger partial charge in [-0.1, -0.05) is 19.8 Å². The van der Waals surface area contributed by atoms with E-state index in [1.165, 1.54) is 6.42 Å². The third-order valence-electron chi connectivity index (χ3n) is 4.03.